The van der Waals surface area contributed by atoms with E-state index >= 15 is 0 Å². The number of β-amino-alcohol motifs (C(OH)–C–C–N with tert-alkyl or cyclic N) is 1. The largest absolute Gasteiger partial charge is 0.387 e. The van der Waals surface area contributed by atoms with Crippen LogP contribution in [0.5, 0.6) is 0 Å². The van der Waals surface area contributed by atoms with Crippen LogP contribution in [0.15, 0.2) is 30.3 Å². The number of rotatable bonds is 6. The molecule has 1 aliphatic heterocycles. The number of benzene rings is 1. The van der Waals surface area contributed by atoms with Crippen molar-refractivity contribution in [1.29, 1.82) is 0 Å². The Balaban J connectivity index is 0.00000196. The molecule has 4 N–H and O–H groups in total. The molecule has 1 aliphatic carbocycles. The first kappa shape index (κ1) is 25.2. The summed E-state index contributed by atoms with van der Waals surface area (Å²) in [6, 6.07) is 9.84. The summed E-state index contributed by atoms with van der Waals surface area (Å²) in [7, 11) is 0. The number of nitrogens with zero attached hydrogens (tertiary/aromatic N) is 1. The summed E-state index contributed by atoms with van der Waals surface area (Å²) in [5, 5.41) is 13.5. The van der Waals surface area contributed by atoms with E-state index in [4.69, 9.17) is 5.73 Å². The molecule has 2 aliphatic rings. The first-order valence-corrected chi connectivity index (χ1v) is 10.1. The van der Waals surface area contributed by atoms with E-state index in [9.17, 15) is 9.90 Å². The lowest BCUT2D eigenvalue weighted by atomic mass is 9.81. The molecule has 1 unspecified atom stereocenters. The van der Waals surface area contributed by atoms with Gasteiger partial charge in [-0.2, -0.15) is 0 Å². The summed E-state index contributed by atoms with van der Waals surface area (Å²) in [5.74, 6) is 0.551. The minimum absolute atomic E-state index is 0. The number of hydrogen-bond acceptors (Lipinski definition) is 4. The third-order valence-corrected chi connectivity index (χ3v) is 6.07. The van der Waals surface area contributed by atoms with Crippen molar-refractivity contribution >= 4 is 30.7 Å². The smallest absolute Gasteiger partial charge is 0.240 e. The van der Waals surface area contributed by atoms with Gasteiger partial charge >= 0.3 is 0 Å². The number of nitrogens with two attached hydrogens (primary N) is 1. The highest BCUT2D eigenvalue weighted by atomic mass is 35.5. The zero-order valence-electron chi connectivity index (χ0n) is 16.5. The summed E-state index contributed by atoms with van der Waals surface area (Å²) in [6.45, 7) is 3.35. The third kappa shape index (κ3) is 6.89. The Kier molecular flexibility index (Phi) is 10.8. The van der Waals surface area contributed by atoms with E-state index < -0.39 is 11.6 Å². The summed E-state index contributed by atoms with van der Waals surface area (Å²) in [4.78, 5) is 14.8. The quantitative estimate of drug-likeness (QED) is 0.646. The summed E-state index contributed by atoms with van der Waals surface area (Å²) < 4.78 is 0. The van der Waals surface area contributed by atoms with Gasteiger partial charge in [-0.1, -0.05) is 49.6 Å². The van der Waals surface area contributed by atoms with Gasteiger partial charge < -0.3 is 21.1 Å². The number of carbonyl (C=O) groups excluding carboxylic acids is 1. The summed E-state index contributed by atoms with van der Waals surface area (Å²) in [5.41, 5.74) is 6.64. The second-order valence-corrected chi connectivity index (χ2v) is 8.10. The van der Waals surface area contributed by atoms with E-state index in [1.54, 1.807) is 0 Å². The average Bonchev–Trinajstić information content (AvgIpc) is 2.68. The molecular weight excluding hydrogens is 397 g/mol. The predicted octanol–water partition coefficient (Wildman–Crippen LogP) is 3.05. The normalized spacial score (nSPS) is 21.1. The fraction of sp³-hybridized carbons (Fsp3) is 0.667. The van der Waals surface area contributed by atoms with Crippen LogP contribution < -0.4 is 11.1 Å². The van der Waals surface area contributed by atoms with Gasteiger partial charge in [-0.15, -0.1) is 24.8 Å². The second kappa shape index (κ2) is 12.0. The third-order valence-electron chi connectivity index (χ3n) is 6.07. The zero-order valence-corrected chi connectivity index (χ0v) is 18.1. The number of nitrogens with one attached hydrogen (secondary N) is 1. The van der Waals surface area contributed by atoms with Gasteiger partial charge in [0, 0.05) is 13.1 Å². The molecule has 1 heterocycles. The number of amides is 1. The molecule has 0 bridgehead atoms. The zero-order chi connectivity index (χ0) is 18.4. The number of aliphatic hydroxyl groups is 1. The first-order valence-electron chi connectivity index (χ1n) is 10.1. The fourth-order valence-electron chi connectivity index (χ4n) is 4.22. The average molecular weight is 432 g/mol. The minimum atomic E-state index is -0.640. The molecule has 1 aromatic carbocycles. The van der Waals surface area contributed by atoms with Crippen LogP contribution in [0.25, 0.3) is 0 Å². The van der Waals surface area contributed by atoms with Crippen LogP contribution in [0, 0.1) is 5.92 Å². The van der Waals surface area contributed by atoms with Crippen LogP contribution in [0.4, 0.5) is 0 Å². The van der Waals surface area contributed by atoms with Gasteiger partial charge in [-0.25, -0.2) is 0 Å². The van der Waals surface area contributed by atoms with Crippen molar-refractivity contribution in [2.75, 3.05) is 26.2 Å². The molecule has 28 heavy (non-hydrogen) atoms. The SMILES string of the molecule is Cl.Cl.NC1(C(=O)NCC2CCN(CC(O)c3ccccc3)CC2)CCCCC1. The van der Waals surface area contributed by atoms with Gasteiger partial charge in [0.2, 0.25) is 5.91 Å². The van der Waals surface area contributed by atoms with E-state index in [1.807, 2.05) is 30.3 Å². The van der Waals surface area contributed by atoms with Crippen molar-refractivity contribution in [3.05, 3.63) is 35.9 Å². The number of piperidine rings is 1. The second-order valence-electron chi connectivity index (χ2n) is 8.10. The van der Waals surface area contributed by atoms with Crippen LogP contribution in [-0.4, -0.2) is 47.6 Å². The van der Waals surface area contributed by atoms with Crippen molar-refractivity contribution in [1.82, 2.24) is 10.2 Å². The maximum Gasteiger partial charge on any atom is 0.240 e. The molecule has 0 aromatic heterocycles. The Hall–Kier alpha value is -0.850. The van der Waals surface area contributed by atoms with Crippen molar-refractivity contribution < 1.29 is 9.90 Å². The highest BCUT2D eigenvalue weighted by Crippen LogP contribution is 2.26. The molecule has 160 valence electrons. The number of aliphatic hydroxyl groups excluding tert-OH is 1. The van der Waals surface area contributed by atoms with E-state index in [1.165, 1.54) is 6.42 Å². The lowest BCUT2D eigenvalue weighted by Gasteiger charge is -2.35. The van der Waals surface area contributed by atoms with E-state index in [-0.39, 0.29) is 30.7 Å². The van der Waals surface area contributed by atoms with Crippen molar-refractivity contribution in [2.24, 2.45) is 11.7 Å². The Bertz CT molecular complexity index is 574. The molecule has 0 spiro atoms. The maximum absolute atomic E-state index is 12.4. The molecule has 5 nitrogen and oxygen atoms in total. The number of likely N-dealkylation sites (tertiary alicyclic amines) is 1. The van der Waals surface area contributed by atoms with Gasteiger partial charge in [0.05, 0.1) is 11.6 Å². The summed E-state index contributed by atoms with van der Waals surface area (Å²) in [6.07, 6.45) is 6.62. The summed E-state index contributed by atoms with van der Waals surface area (Å²) >= 11 is 0. The number of halogens is 2. The van der Waals surface area contributed by atoms with Gasteiger partial charge in [-0.3, -0.25) is 4.79 Å². The van der Waals surface area contributed by atoms with Crippen LogP contribution in [0.2, 0.25) is 0 Å². The Labute approximate surface area is 181 Å². The number of carbonyl (C=O) groups is 1. The van der Waals surface area contributed by atoms with Crippen LogP contribution in [0.3, 0.4) is 0 Å². The monoisotopic (exact) mass is 431 g/mol. The fourth-order valence-corrected chi connectivity index (χ4v) is 4.22. The highest BCUT2D eigenvalue weighted by molar-refractivity contribution is 5.86. The van der Waals surface area contributed by atoms with Crippen molar-refractivity contribution in [3.8, 4) is 0 Å². The molecule has 3 rings (SSSR count). The van der Waals surface area contributed by atoms with Crippen molar-refractivity contribution in [2.45, 2.75) is 56.6 Å². The van der Waals surface area contributed by atoms with E-state index in [0.717, 1.165) is 63.7 Å². The van der Waals surface area contributed by atoms with Crippen LogP contribution in [-0.2, 0) is 4.79 Å². The minimum Gasteiger partial charge on any atom is -0.387 e. The molecule has 1 saturated carbocycles. The van der Waals surface area contributed by atoms with Gasteiger partial charge in [-0.05, 0) is 50.3 Å². The molecule has 0 radical (unpaired) electrons. The lowest BCUT2D eigenvalue weighted by molar-refractivity contribution is -0.127. The molecule has 1 amide bonds. The topological polar surface area (TPSA) is 78.6 Å². The van der Waals surface area contributed by atoms with E-state index in [0.29, 0.717) is 12.5 Å². The molecule has 1 aromatic rings. The first-order chi connectivity index (χ1) is 12.6. The Morgan fingerprint density at radius 3 is 2.36 bits per heavy atom. The molecule has 1 atom stereocenters. The Morgan fingerprint density at radius 1 is 1.14 bits per heavy atom. The molecule has 7 heteroatoms. The number of hydrogen-bond donors (Lipinski definition) is 3. The predicted molar refractivity (Wildman–Crippen MR) is 118 cm³/mol. The molecule has 1 saturated heterocycles. The van der Waals surface area contributed by atoms with Gasteiger partial charge in [0.15, 0.2) is 0 Å². The standard InChI is InChI=1S/C21H33N3O2.2ClH/c22-21(11-5-2-6-12-21)20(26)23-15-17-9-13-24(14-10-17)16-19(25)18-7-3-1-4-8-18;;/h1,3-4,7-8,17,19,25H,2,5-6,9-16,22H2,(H,23,26);2*1H. The van der Waals surface area contributed by atoms with Gasteiger partial charge in [0.1, 0.15) is 0 Å². The van der Waals surface area contributed by atoms with Crippen LogP contribution >= 0.6 is 24.8 Å². The molecule has 2 fully saturated rings. The van der Waals surface area contributed by atoms with Crippen molar-refractivity contribution in [3.63, 3.8) is 0 Å². The highest BCUT2D eigenvalue weighted by Gasteiger charge is 2.35. The van der Waals surface area contributed by atoms with Crippen LogP contribution in [0.1, 0.15) is 56.6 Å². The molecular formula is C21H35Cl2N3O2. The van der Waals surface area contributed by atoms with E-state index in [2.05, 4.69) is 10.2 Å². The maximum atomic E-state index is 12.4. The van der Waals surface area contributed by atoms with Gasteiger partial charge in [0.25, 0.3) is 0 Å². The lowest BCUT2D eigenvalue weighted by Crippen LogP contribution is -2.56. The Morgan fingerprint density at radius 2 is 1.75 bits per heavy atom.